The van der Waals surface area contributed by atoms with Gasteiger partial charge in [0.1, 0.15) is 16.1 Å². The first-order chi connectivity index (χ1) is 10.1. The second-order valence-electron chi connectivity index (χ2n) is 4.05. The summed E-state index contributed by atoms with van der Waals surface area (Å²) in [6.07, 6.45) is 5.33. The molecule has 0 saturated heterocycles. The van der Waals surface area contributed by atoms with Gasteiger partial charge in [0.15, 0.2) is 0 Å². The van der Waals surface area contributed by atoms with E-state index < -0.39 is 0 Å². The van der Waals surface area contributed by atoms with Gasteiger partial charge in [0.25, 0.3) is 5.88 Å². The zero-order valence-corrected chi connectivity index (χ0v) is 15.4. The van der Waals surface area contributed by atoms with Crippen molar-refractivity contribution in [1.82, 2.24) is 14.4 Å². The van der Waals surface area contributed by atoms with Crippen molar-refractivity contribution in [2.75, 3.05) is 7.11 Å². The Balaban J connectivity index is 2.06. The van der Waals surface area contributed by atoms with Gasteiger partial charge in [-0.05, 0) is 59.9 Å². The summed E-state index contributed by atoms with van der Waals surface area (Å²) in [5, 5.41) is 0. The van der Waals surface area contributed by atoms with E-state index in [9.17, 15) is 0 Å². The third-order valence-corrected chi connectivity index (χ3v) is 4.35. The third-order valence-electron chi connectivity index (χ3n) is 2.73. The lowest BCUT2D eigenvalue weighted by atomic mass is 10.3. The molecule has 0 aliphatic rings. The van der Waals surface area contributed by atoms with Crippen molar-refractivity contribution in [2.24, 2.45) is 0 Å². The number of aromatic nitrogens is 3. The van der Waals surface area contributed by atoms with Crippen LogP contribution in [-0.2, 0) is 0 Å². The number of halogens is 3. The van der Waals surface area contributed by atoms with Gasteiger partial charge in [0, 0.05) is 18.6 Å². The molecule has 3 aromatic rings. The summed E-state index contributed by atoms with van der Waals surface area (Å²) in [4.78, 5) is 8.57. The highest BCUT2D eigenvalue weighted by atomic mass is 79.9. The zero-order chi connectivity index (χ0) is 15.0. The third kappa shape index (κ3) is 2.93. The smallest absolute Gasteiger partial charge is 0.265 e. The molecular formula is C13H8Br3N3O2. The van der Waals surface area contributed by atoms with Crippen LogP contribution in [0.3, 0.4) is 0 Å². The molecule has 0 N–H and O–H groups in total. The number of fused-ring (bicyclic) bond motifs is 1. The van der Waals surface area contributed by atoms with Crippen LogP contribution in [0, 0.1) is 0 Å². The number of methoxy groups -OCH3 is 1. The molecular weight excluding hydrogens is 470 g/mol. The minimum absolute atomic E-state index is 0.409. The van der Waals surface area contributed by atoms with Crippen LogP contribution in [0.15, 0.2) is 44.3 Å². The zero-order valence-electron chi connectivity index (χ0n) is 10.7. The SMILES string of the molecule is COc1cc(Br)c(Oc2nc(Br)cn3ccnc23)cc1Br. The number of hydrogen-bond donors (Lipinski definition) is 0. The van der Waals surface area contributed by atoms with Gasteiger partial charge in [-0.15, -0.1) is 0 Å². The first kappa shape index (κ1) is 14.8. The molecule has 0 atom stereocenters. The summed E-state index contributed by atoms with van der Waals surface area (Å²) in [5.41, 5.74) is 0.636. The van der Waals surface area contributed by atoms with Crippen LogP contribution in [0.1, 0.15) is 0 Å². The molecule has 2 aromatic heterocycles. The van der Waals surface area contributed by atoms with Crippen LogP contribution in [0.2, 0.25) is 0 Å². The highest BCUT2D eigenvalue weighted by Crippen LogP contribution is 2.38. The Morgan fingerprint density at radius 2 is 1.81 bits per heavy atom. The Bertz CT molecular complexity index is 820. The van der Waals surface area contributed by atoms with Gasteiger partial charge >= 0.3 is 0 Å². The lowest BCUT2D eigenvalue weighted by Gasteiger charge is -2.11. The predicted octanol–water partition coefficient (Wildman–Crippen LogP) is 4.82. The number of nitrogens with zero attached hydrogens (tertiary/aromatic N) is 3. The van der Waals surface area contributed by atoms with Gasteiger partial charge in [0.05, 0.1) is 16.1 Å². The Kier molecular flexibility index (Phi) is 4.19. The van der Waals surface area contributed by atoms with Crippen LogP contribution in [0.5, 0.6) is 17.4 Å². The largest absolute Gasteiger partial charge is 0.496 e. The maximum absolute atomic E-state index is 5.89. The van der Waals surface area contributed by atoms with E-state index >= 15 is 0 Å². The molecule has 8 heteroatoms. The monoisotopic (exact) mass is 475 g/mol. The molecule has 0 bridgehead atoms. The van der Waals surface area contributed by atoms with E-state index in [1.165, 1.54) is 0 Å². The van der Waals surface area contributed by atoms with Crippen molar-refractivity contribution in [1.29, 1.82) is 0 Å². The normalized spacial score (nSPS) is 10.9. The fraction of sp³-hybridized carbons (Fsp3) is 0.0769. The molecule has 2 heterocycles. The van der Waals surface area contributed by atoms with Gasteiger partial charge in [-0.2, -0.15) is 0 Å². The van der Waals surface area contributed by atoms with E-state index in [0.717, 1.165) is 8.95 Å². The van der Waals surface area contributed by atoms with E-state index in [-0.39, 0.29) is 0 Å². The first-order valence-electron chi connectivity index (χ1n) is 5.78. The van der Waals surface area contributed by atoms with Crippen LogP contribution < -0.4 is 9.47 Å². The second kappa shape index (κ2) is 5.94. The van der Waals surface area contributed by atoms with Crippen LogP contribution >= 0.6 is 47.8 Å². The molecule has 108 valence electrons. The minimum Gasteiger partial charge on any atom is -0.496 e. The van der Waals surface area contributed by atoms with Crippen molar-refractivity contribution >= 4 is 53.4 Å². The predicted molar refractivity (Wildman–Crippen MR) is 89.2 cm³/mol. The Hall–Kier alpha value is -1.12. The van der Waals surface area contributed by atoms with Crippen molar-refractivity contribution < 1.29 is 9.47 Å². The quantitative estimate of drug-likeness (QED) is 0.543. The first-order valence-corrected chi connectivity index (χ1v) is 8.16. The van der Waals surface area contributed by atoms with Crippen LogP contribution in [-0.4, -0.2) is 21.5 Å². The number of hydrogen-bond acceptors (Lipinski definition) is 4. The summed E-state index contributed by atoms with van der Waals surface area (Å²) in [5.74, 6) is 1.73. The number of rotatable bonds is 3. The molecule has 0 fully saturated rings. The average molecular weight is 478 g/mol. The lowest BCUT2D eigenvalue weighted by molar-refractivity contribution is 0.408. The highest BCUT2D eigenvalue weighted by molar-refractivity contribution is 9.11. The van der Waals surface area contributed by atoms with Crippen molar-refractivity contribution in [2.45, 2.75) is 0 Å². The second-order valence-corrected chi connectivity index (χ2v) is 6.57. The van der Waals surface area contributed by atoms with Crippen molar-refractivity contribution in [3.63, 3.8) is 0 Å². The lowest BCUT2D eigenvalue weighted by Crippen LogP contribution is -1.96. The molecule has 21 heavy (non-hydrogen) atoms. The molecule has 0 radical (unpaired) electrons. The van der Waals surface area contributed by atoms with E-state index in [2.05, 4.69) is 57.8 Å². The maximum atomic E-state index is 5.89. The standard InChI is InChI=1S/C13H8Br3N3O2/c1-20-9-4-8(15)10(5-7(9)14)21-13-12-17-2-3-19(12)6-11(16)18-13/h2-6H,1H3. The summed E-state index contributed by atoms with van der Waals surface area (Å²) >= 11 is 10.3. The van der Waals surface area contributed by atoms with Gasteiger partial charge < -0.3 is 9.47 Å². The van der Waals surface area contributed by atoms with E-state index in [1.54, 1.807) is 13.3 Å². The van der Waals surface area contributed by atoms with Gasteiger partial charge in [-0.1, -0.05) is 0 Å². The summed E-state index contributed by atoms with van der Waals surface area (Å²) in [6, 6.07) is 3.63. The van der Waals surface area contributed by atoms with E-state index in [1.807, 2.05) is 28.9 Å². The van der Waals surface area contributed by atoms with Gasteiger partial charge in [-0.3, -0.25) is 4.40 Å². The van der Waals surface area contributed by atoms with Gasteiger partial charge in [0.2, 0.25) is 5.65 Å². The summed E-state index contributed by atoms with van der Waals surface area (Å²) in [6.45, 7) is 0. The summed E-state index contributed by atoms with van der Waals surface area (Å²) in [7, 11) is 1.61. The molecule has 0 unspecified atom stereocenters. The van der Waals surface area contributed by atoms with E-state index in [4.69, 9.17) is 9.47 Å². The molecule has 0 spiro atoms. The van der Waals surface area contributed by atoms with Crippen LogP contribution in [0.4, 0.5) is 0 Å². The molecule has 3 rings (SSSR count). The Morgan fingerprint density at radius 1 is 1.10 bits per heavy atom. The fourth-order valence-electron chi connectivity index (χ4n) is 1.79. The van der Waals surface area contributed by atoms with Crippen molar-refractivity contribution in [3.05, 3.63) is 44.3 Å². The molecule has 0 aliphatic heterocycles. The highest BCUT2D eigenvalue weighted by Gasteiger charge is 2.13. The maximum Gasteiger partial charge on any atom is 0.265 e. The molecule has 0 amide bonds. The van der Waals surface area contributed by atoms with Crippen LogP contribution in [0.25, 0.3) is 5.65 Å². The summed E-state index contributed by atoms with van der Waals surface area (Å²) < 4.78 is 15.2. The molecule has 0 saturated carbocycles. The fourth-order valence-corrected chi connectivity index (χ4v) is 3.06. The van der Waals surface area contributed by atoms with E-state index in [0.29, 0.717) is 27.6 Å². The molecule has 5 nitrogen and oxygen atoms in total. The average Bonchev–Trinajstić information content (AvgIpc) is 2.90. The molecule has 0 aliphatic carbocycles. The van der Waals surface area contributed by atoms with Crippen molar-refractivity contribution in [3.8, 4) is 17.4 Å². The Morgan fingerprint density at radius 3 is 2.57 bits per heavy atom. The minimum atomic E-state index is 0.409. The Labute approximate surface area is 145 Å². The number of benzene rings is 1. The molecule has 1 aromatic carbocycles. The number of imidazole rings is 1. The van der Waals surface area contributed by atoms with Gasteiger partial charge in [-0.25, -0.2) is 9.97 Å². The topological polar surface area (TPSA) is 48.7 Å². The number of ether oxygens (including phenoxy) is 2.